The van der Waals surface area contributed by atoms with E-state index in [9.17, 15) is 4.79 Å². The van der Waals surface area contributed by atoms with Gasteiger partial charge in [-0.2, -0.15) is 5.10 Å². The number of rotatable bonds is 1. The van der Waals surface area contributed by atoms with Gasteiger partial charge in [-0.05, 0) is 23.6 Å². The van der Waals surface area contributed by atoms with Gasteiger partial charge in [0.25, 0.3) is 5.91 Å². The zero-order valence-electron chi connectivity index (χ0n) is 8.74. The summed E-state index contributed by atoms with van der Waals surface area (Å²) in [5.74, 6) is 5.39. The highest BCUT2D eigenvalue weighted by Crippen LogP contribution is 2.27. The van der Waals surface area contributed by atoms with Gasteiger partial charge in [0, 0.05) is 5.56 Å². The van der Waals surface area contributed by atoms with Crippen LogP contribution in [0.2, 0.25) is 0 Å². The van der Waals surface area contributed by atoms with Crippen LogP contribution in [0.5, 0.6) is 0 Å². The molecular formula is C11H13N3O. The van der Waals surface area contributed by atoms with E-state index in [-0.39, 0.29) is 5.91 Å². The molecule has 0 bridgehead atoms. The van der Waals surface area contributed by atoms with E-state index in [0.29, 0.717) is 11.6 Å². The second kappa shape index (κ2) is 3.38. The summed E-state index contributed by atoms with van der Waals surface area (Å²) >= 11 is 0. The molecule has 1 aliphatic rings. The SMILES string of the molecule is CC(C)c1ccc2c(c1)/C(=N\N)C(=O)N2. The summed E-state index contributed by atoms with van der Waals surface area (Å²) in [4.78, 5) is 11.4. The second-order valence-corrected chi connectivity index (χ2v) is 3.89. The van der Waals surface area contributed by atoms with Gasteiger partial charge in [0.1, 0.15) is 0 Å². The van der Waals surface area contributed by atoms with Crippen LogP contribution in [0.15, 0.2) is 23.3 Å². The summed E-state index contributed by atoms with van der Waals surface area (Å²) in [6, 6.07) is 5.85. The van der Waals surface area contributed by atoms with E-state index in [1.807, 2.05) is 18.2 Å². The van der Waals surface area contributed by atoms with Crippen molar-refractivity contribution in [2.75, 3.05) is 5.32 Å². The third-order valence-corrected chi connectivity index (χ3v) is 2.56. The monoisotopic (exact) mass is 203 g/mol. The minimum atomic E-state index is -0.228. The van der Waals surface area contributed by atoms with Gasteiger partial charge in [-0.3, -0.25) is 4.79 Å². The van der Waals surface area contributed by atoms with E-state index in [1.165, 1.54) is 5.56 Å². The highest BCUT2D eigenvalue weighted by Gasteiger charge is 2.26. The minimum Gasteiger partial charge on any atom is -0.322 e. The molecule has 4 nitrogen and oxygen atoms in total. The lowest BCUT2D eigenvalue weighted by Gasteiger charge is -2.06. The number of benzene rings is 1. The van der Waals surface area contributed by atoms with Gasteiger partial charge in [-0.15, -0.1) is 0 Å². The number of amides is 1. The largest absolute Gasteiger partial charge is 0.322 e. The Bertz CT molecular complexity index is 449. The molecular weight excluding hydrogens is 190 g/mol. The predicted octanol–water partition coefficient (Wildman–Crippen LogP) is 1.42. The Labute approximate surface area is 88.2 Å². The predicted molar refractivity (Wildman–Crippen MR) is 59.9 cm³/mol. The summed E-state index contributed by atoms with van der Waals surface area (Å²) < 4.78 is 0. The number of fused-ring (bicyclic) bond motifs is 1. The van der Waals surface area contributed by atoms with Crippen LogP contribution in [0.3, 0.4) is 0 Å². The maximum Gasteiger partial charge on any atom is 0.276 e. The Morgan fingerprint density at radius 1 is 1.40 bits per heavy atom. The van der Waals surface area contributed by atoms with Crippen molar-refractivity contribution in [3.8, 4) is 0 Å². The standard InChI is InChI=1S/C11H13N3O/c1-6(2)7-3-4-9-8(5-7)10(14-12)11(15)13-9/h3-6H,12H2,1-2H3,(H,13,14,15). The smallest absolute Gasteiger partial charge is 0.276 e. The van der Waals surface area contributed by atoms with Gasteiger partial charge < -0.3 is 11.2 Å². The van der Waals surface area contributed by atoms with Crippen LogP contribution >= 0.6 is 0 Å². The van der Waals surface area contributed by atoms with Crippen LogP contribution in [-0.4, -0.2) is 11.6 Å². The lowest BCUT2D eigenvalue weighted by Crippen LogP contribution is -2.15. The first-order valence-corrected chi connectivity index (χ1v) is 4.87. The molecule has 0 fully saturated rings. The Hall–Kier alpha value is -1.84. The van der Waals surface area contributed by atoms with E-state index < -0.39 is 0 Å². The van der Waals surface area contributed by atoms with Crippen molar-refractivity contribution in [1.82, 2.24) is 0 Å². The molecule has 2 rings (SSSR count). The molecule has 1 amide bonds. The molecule has 1 aliphatic heterocycles. The van der Waals surface area contributed by atoms with Gasteiger partial charge in [0.2, 0.25) is 0 Å². The van der Waals surface area contributed by atoms with Crippen LogP contribution in [0, 0.1) is 0 Å². The average molecular weight is 203 g/mol. The first-order valence-electron chi connectivity index (χ1n) is 4.87. The Kier molecular flexibility index (Phi) is 2.19. The molecule has 0 aromatic heterocycles. The Morgan fingerprint density at radius 2 is 2.13 bits per heavy atom. The lowest BCUT2D eigenvalue weighted by atomic mass is 9.99. The number of nitrogens with one attached hydrogen (secondary N) is 1. The molecule has 0 atom stereocenters. The van der Waals surface area contributed by atoms with Crippen LogP contribution in [0.25, 0.3) is 0 Å². The third kappa shape index (κ3) is 1.48. The van der Waals surface area contributed by atoms with Crippen molar-refractivity contribution in [2.45, 2.75) is 19.8 Å². The number of nitrogens with two attached hydrogens (primary N) is 1. The highest BCUT2D eigenvalue weighted by atomic mass is 16.2. The summed E-state index contributed by atoms with van der Waals surface area (Å²) in [5, 5.41) is 6.23. The zero-order chi connectivity index (χ0) is 11.0. The zero-order valence-corrected chi connectivity index (χ0v) is 8.74. The third-order valence-electron chi connectivity index (χ3n) is 2.56. The lowest BCUT2D eigenvalue weighted by molar-refractivity contribution is -0.110. The normalized spacial score (nSPS) is 17.0. The fourth-order valence-electron chi connectivity index (χ4n) is 1.66. The maximum atomic E-state index is 11.4. The Balaban J connectivity index is 2.54. The molecule has 15 heavy (non-hydrogen) atoms. The molecule has 0 spiro atoms. The van der Waals surface area contributed by atoms with Crippen LogP contribution in [0.1, 0.15) is 30.9 Å². The molecule has 1 heterocycles. The molecule has 0 radical (unpaired) electrons. The van der Waals surface area contributed by atoms with E-state index in [0.717, 1.165) is 11.3 Å². The molecule has 1 aromatic carbocycles. The van der Waals surface area contributed by atoms with Gasteiger partial charge in [-0.25, -0.2) is 0 Å². The van der Waals surface area contributed by atoms with Gasteiger partial charge in [0.15, 0.2) is 5.71 Å². The molecule has 78 valence electrons. The second-order valence-electron chi connectivity index (χ2n) is 3.89. The summed E-state index contributed by atoms with van der Waals surface area (Å²) in [6.07, 6.45) is 0. The van der Waals surface area contributed by atoms with E-state index in [4.69, 9.17) is 5.84 Å². The van der Waals surface area contributed by atoms with Crippen molar-refractivity contribution in [3.63, 3.8) is 0 Å². The maximum absolute atomic E-state index is 11.4. The van der Waals surface area contributed by atoms with Crippen molar-refractivity contribution in [3.05, 3.63) is 29.3 Å². The molecule has 0 unspecified atom stereocenters. The Morgan fingerprint density at radius 3 is 2.73 bits per heavy atom. The van der Waals surface area contributed by atoms with E-state index >= 15 is 0 Å². The van der Waals surface area contributed by atoms with Gasteiger partial charge in [-0.1, -0.05) is 19.9 Å². The molecule has 0 saturated carbocycles. The van der Waals surface area contributed by atoms with Gasteiger partial charge in [0.05, 0.1) is 5.69 Å². The van der Waals surface area contributed by atoms with Gasteiger partial charge >= 0.3 is 0 Å². The minimum absolute atomic E-state index is 0.228. The number of hydrogen-bond donors (Lipinski definition) is 2. The van der Waals surface area contributed by atoms with Crippen molar-refractivity contribution < 1.29 is 4.79 Å². The fourth-order valence-corrected chi connectivity index (χ4v) is 1.66. The number of carbonyl (C=O) groups is 1. The van der Waals surface area contributed by atoms with E-state index in [1.54, 1.807) is 0 Å². The van der Waals surface area contributed by atoms with Crippen molar-refractivity contribution >= 4 is 17.3 Å². The molecule has 3 N–H and O–H groups in total. The highest BCUT2D eigenvalue weighted by molar-refractivity contribution is 6.53. The molecule has 1 aromatic rings. The molecule has 0 aliphatic carbocycles. The first kappa shape index (κ1) is 9.71. The van der Waals surface area contributed by atoms with Crippen LogP contribution < -0.4 is 11.2 Å². The fraction of sp³-hybridized carbons (Fsp3) is 0.273. The summed E-state index contributed by atoms with van der Waals surface area (Å²) in [7, 11) is 0. The van der Waals surface area contributed by atoms with Crippen molar-refractivity contribution in [2.24, 2.45) is 10.9 Å². The number of hydrazone groups is 1. The first-order chi connectivity index (χ1) is 7.13. The summed E-state index contributed by atoms with van der Waals surface area (Å²) in [6.45, 7) is 4.20. The van der Waals surface area contributed by atoms with Crippen LogP contribution in [0.4, 0.5) is 5.69 Å². The number of carbonyl (C=O) groups excluding carboxylic acids is 1. The van der Waals surface area contributed by atoms with Crippen LogP contribution in [-0.2, 0) is 4.79 Å². The number of anilines is 1. The van der Waals surface area contributed by atoms with Crippen molar-refractivity contribution in [1.29, 1.82) is 0 Å². The summed E-state index contributed by atoms with van der Waals surface area (Å²) in [5.41, 5.74) is 3.07. The quantitative estimate of drug-likeness (QED) is 0.535. The molecule has 4 heteroatoms. The number of hydrogen-bond acceptors (Lipinski definition) is 3. The topological polar surface area (TPSA) is 67.5 Å². The molecule has 0 saturated heterocycles. The average Bonchev–Trinajstić information content (AvgIpc) is 2.51. The number of nitrogens with zero attached hydrogens (tertiary/aromatic N) is 1. The van der Waals surface area contributed by atoms with E-state index in [2.05, 4.69) is 24.3 Å².